The van der Waals surface area contributed by atoms with Crippen molar-refractivity contribution in [2.45, 2.75) is 77.7 Å². The van der Waals surface area contributed by atoms with Crippen LogP contribution >= 0.6 is 24.2 Å². The highest BCUT2D eigenvalue weighted by atomic mass is 35.5. The van der Waals surface area contributed by atoms with Gasteiger partial charge in [-0.3, -0.25) is 33.7 Å². The highest BCUT2D eigenvalue weighted by Gasteiger charge is 2.38. The number of benzene rings is 4. The average molecular weight is 1410 g/mol. The minimum Gasteiger partial charge on any atom is -0.508 e. The van der Waals surface area contributed by atoms with Crippen molar-refractivity contribution >= 4 is 117 Å². The van der Waals surface area contributed by atoms with Gasteiger partial charge in [0.2, 0.25) is 5.91 Å². The molecule has 0 bridgehead atoms. The van der Waals surface area contributed by atoms with Gasteiger partial charge >= 0.3 is 24.3 Å². The number of anilines is 3. The number of Topliss-reactive ketones (excluding diaryl/α,β-unsaturated/α-hetero) is 1. The van der Waals surface area contributed by atoms with E-state index in [0.29, 0.717) is 44.5 Å². The molecule has 0 fully saturated rings. The average Bonchev–Trinajstić information content (AvgIpc) is 1.63. The molecule has 4 heterocycles. The third-order valence-corrected chi connectivity index (χ3v) is 16.1. The Morgan fingerprint density at radius 3 is 2.19 bits per heavy atom. The number of hydrogen-bond acceptors (Lipinski definition) is 19. The molecule has 0 aliphatic carbocycles. The Hall–Kier alpha value is -9.81. The summed E-state index contributed by atoms with van der Waals surface area (Å²) in [6, 6.07) is 20.9. The van der Waals surface area contributed by atoms with Gasteiger partial charge in [0, 0.05) is 111 Å². The van der Waals surface area contributed by atoms with Crippen LogP contribution in [-0.4, -0.2) is 197 Å². The number of hydrogen-bond donors (Lipinski definition) is 8. The standard InChI is InChI=1S/C66H76ClN11O17.C3H8S/c1-40(2)59(73-64(88)93-32-31-92-29-26-77-55(82)20-21-56(77)83)52(81)33-44(8-6-22-69-63(68)87)61(85)70-46-14-10-42(11-15-46)39-94-65(89)74(4)23-24-75(25-28-91-30-27-79)66(90)95-53-34-51-58(57-41(3)7-5-9-49(53)57)45(35-67)36-78(51)62(86)50-38-76-37-47(16-19-54(76)72-50)71-60(84)43-12-17-48(80)18-13-43;1-3(2)4/h5,7,9-21,34,37-38,40,44-45,59,79-80H,6,8,22-33,35-36,39H2,1-4H3,(H,70,85)(H,71,84)(H,73,88)(H3,68,69,87);3-4H,1-2H3/t44-,45-,59+;/m1./s1. The van der Waals surface area contributed by atoms with E-state index in [9.17, 15) is 58.2 Å². The maximum atomic E-state index is 14.6. The molecular weight excluding hydrogens is 1320 g/mol. The smallest absolute Gasteiger partial charge is 0.415 e. The zero-order valence-electron chi connectivity index (χ0n) is 55.9. The van der Waals surface area contributed by atoms with Crippen LogP contribution in [0.3, 0.4) is 0 Å². The second-order valence-corrected chi connectivity index (χ2v) is 25.2. The molecule has 28 nitrogen and oxygen atoms in total. The first-order valence-corrected chi connectivity index (χ1v) is 33.2. The van der Waals surface area contributed by atoms with E-state index in [1.54, 1.807) is 78.0 Å². The fourth-order valence-electron chi connectivity index (χ4n) is 10.7. The number of aromatic nitrogens is 2. The third-order valence-electron chi connectivity index (χ3n) is 15.7. The quantitative estimate of drug-likeness (QED) is 0.00864. The normalized spacial score (nSPS) is 13.7. The number of aliphatic hydroxyl groups is 1. The van der Waals surface area contributed by atoms with E-state index in [4.69, 9.17) is 41.0 Å². The van der Waals surface area contributed by atoms with Gasteiger partial charge in [-0.1, -0.05) is 58.0 Å². The molecule has 0 unspecified atom stereocenters. The number of urea groups is 1. The topological polar surface area (TPSA) is 362 Å². The van der Waals surface area contributed by atoms with Crippen LogP contribution in [0.25, 0.3) is 16.4 Å². The number of aliphatic hydroxyl groups excluding tert-OH is 1. The molecule has 2 aromatic heterocycles. The fraction of sp³-hybridized carbons (Fsp3) is 0.406. The highest BCUT2D eigenvalue weighted by molar-refractivity contribution is 7.80. The van der Waals surface area contributed by atoms with E-state index in [0.717, 1.165) is 33.6 Å². The molecule has 99 heavy (non-hydrogen) atoms. The number of phenolic OH excluding ortho intramolecular Hbond substituents is 1. The number of ketones is 1. The number of phenols is 1. The minimum atomic E-state index is -1.04. The molecule has 3 atom stereocenters. The maximum absolute atomic E-state index is 14.6. The van der Waals surface area contributed by atoms with Crippen LogP contribution in [0.5, 0.6) is 11.5 Å². The Labute approximate surface area is 582 Å². The number of ether oxygens (including phenoxy) is 5. The van der Waals surface area contributed by atoms with Crippen molar-refractivity contribution in [2.75, 3.05) is 107 Å². The molecule has 30 heteroatoms. The predicted molar refractivity (Wildman–Crippen MR) is 372 cm³/mol. The monoisotopic (exact) mass is 1410 g/mol. The van der Waals surface area contributed by atoms with Crippen molar-refractivity contribution < 1.29 is 81.8 Å². The molecule has 8 rings (SSSR count). The van der Waals surface area contributed by atoms with Crippen LogP contribution < -0.4 is 36.6 Å². The molecule has 530 valence electrons. The summed E-state index contributed by atoms with van der Waals surface area (Å²) in [6.07, 6.45) is 3.21. The lowest BCUT2D eigenvalue weighted by atomic mass is 9.89. The van der Waals surface area contributed by atoms with E-state index < -0.39 is 77.5 Å². The lowest BCUT2D eigenvalue weighted by Crippen LogP contribution is -2.46. The minimum absolute atomic E-state index is 0.00277. The number of pyridine rings is 1. The van der Waals surface area contributed by atoms with Crippen molar-refractivity contribution in [1.29, 1.82) is 0 Å². The molecule has 0 saturated carbocycles. The van der Waals surface area contributed by atoms with Crippen LogP contribution in [0, 0.1) is 18.8 Å². The number of alkyl carbamates (subject to hydrolysis) is 1. The van der Waals surface area contributed by atoms with Crippen molar-refractivity contribution in [3.63, 3.8) is 0 Å². The molecule has 2 aliphatic rings. The van der Waals surface area contributed by atoms with Crippen LogP contribution in [0.2, 0.25) is 0 Å². The molecule has 6 aromatic rings. The van der Waals surface area contributed by atoms with Crippen molar-refractivity contribution in [2.24, 2.45) is 17.6 Å². The molecular formula is C69H84ClN11O17S. The Morgan fingerprint density at radius 1 is 0.818 bits per heavy atom. The lowest BCUT2D eigenvalue weighted by molar-refractivity contribution is -0.137. The van der Waals surface area contributed by atoms with Crippen LogP contribution in [-0.2, 0) is 44.7 Å². The second-order valence-electron chi connectivity index (χ2n) is 23.9. The first-order valence-electron chi connectivity index (χ1n) is 32.1. The number of alkyl halides is 1. The van der Waals surface area contributed by atoms with Gasteiger partial charge in [0.25, 0.3) is 23.6 Å². The Bertz CT molecular complexity index is 3870. The summed E-state index contributed by atoms with van der Waals surface area (Å²) in [6.45, 7) is 8.99. The number of nitrogens with zero attached hydrogens (tertiary/aromatic N) is 6. The van der Waals surface area contributed by atoms with Gasteiger partial charge in [0.15, 0.2) is 5.78 Å². The van der Waals surface area contributed by atoms with Gasteiger partial charge in [-0.25, -0.2) is 24.2 Å². The number of carbonyl (C=O) groups excluding carboxylic acids is 10. The lowest BCUT2D eigenvalue weighted by Gasteiger charge is -2.26. The molecule has 4 aromatic carbocycles. The number of carbonyl (C=O) groups is 10. The Balaban J connectivity index is 0.00000335. The number of nitrogens with one attached hydrogen (secondary N) is 4. The molecule has 2 aliphatic heterocycles. The van der Waals surface area contributed by atoms with E-state index in [1.165, 1.54) is 41.1 Å². The molecule has 0 radical (unpaired) electrons. The van der Waals surface area contributed by atoms with Gasteiger partial charge in [-0.2, -0.15) is 12.6 Å². The molecule has 10 amide bonds. The van der Waals surface area contributed by atoms with Crippen LogP contribution in [0.1, 0.15) is 90.4 Å². The maximum Gasteiger partial charge on any atom is 0.415 e. The summed E-state index contributed by atoms with van der Waals surface area (Å²) >= 11 is 10.6. The van der Waals surface area contributed by atoms with Gasteiger partial charge < -0.3 is 80.0 Å². The summed E-state index contributed by atoms with van der Waals surface area (Å²) in [4.78, 5) is 140. The summed E-state index contributed by atoms with van der Waals surface area (Å²) in [5.41, 5.74) is 9.52. The number of fused-ring (bicyclic) bond motifs is 4. The number of primary amides is 1. The van der Waals surface area contributed by atoms with Gasteiger partial charge in [-0.15, -0.1) is 11.6 Å². The number of amides is 10. The molecule has 0 spiro atoms. The van der Waals surface area contributed by atoms with Gasteiger partial charge in [0.1, 0.15) is 36.1 Å². The Morgan fingerprint density at radius 2 is 1.52 bits per heavy atom. The third kappa shape index (κ3) is 22.1. The highest BCUT2D eigenvalue weighted by Crippen LogP contribution is 2.47. The summed E-state index contributed by atoms with van der Waals surface area (Å²) in [5, 5.41) is 31.6. The zero-order chi connectivity index (χ0) is 71.9. The summed E-state index contributed by atoms with van der Waals surface area (Å²) < 4.78 is 29.6. The number of imidazole rings is 1. The summed E-state index contributed by atoms with van der Waals surface area (Å²) in [5.74, 6) is -4.04. The number of nitrogens with two attached hydrogens (primary N) is 1. The number of halogens is 1. The van der Waals surface area contributed by atoms with Crippen molar-refractivity contribution in [3.05, 3.63) is 137 Å². The molecule has 0 saturated heterocycles. The predicted octanol–water partition coefficient (Wildman–Crippen LogP) is 7.79. The first kappa shape index (κ1) is 76.6. The second kappa shape index (κ2) is 37.2. The van der Waals surface area contributed by atoms with Gasteiger partial charge in [0.05, 0.1) is 57.0 Å². The van der Waals surface area contributed by atoms with Crippen molar-refractivity contribution in [3.8, 4) is 11.5 Å². The van der Waals surface area contributed by atoms with E-state index in [2.05, 4.69) is 38.9 Å². The first-order chi connectivity index (χ1) is 47.3. The number of aryl methyl sites for hydroxylation is 1. The number of rotatable bonds is 32. The van der Waals surface area contributed by atoms with Crippen LogP contribution in [0.15, 0.2) is 109 Å². The van der Waals surface area contributed by atoms with E-state index in [-0.39, 0.29) is 134 Å². The van der Waals surface area contributed by atoms with Gasteiger partial charge in [-0.05, 0) is 102 Å². The number of aromatic hydroxyl groups is 1. The van der Waals surface area contributed by atoms with E-state index in [1.807, 2.05) is 39.0 Å². The zero-order valence-corrected chi connectivity index (χ0v) is 57.6. The molecule has 8 N–H and O–H groups in total. The van der Waals surface area contributed by atoms with Crippen LogP contribution in [0.4, 0.5) is 36.2 Å². The SMILES string of the molecule is CC(C)S.Cc1cccc2c(OC(=O)N(CCOCCO)CCN(C)C(=O)OCc3ccc(NC(=O)[C@H](CCCNC(N)=O)CC(=O)[C@@H](NC(=O)OCCOCCN4C(=O)C=CC4=O)C(C)C)cc3)cc3c(c12)[C@H](CCl)CN3C(=O)c1cn2cc(NC(=O)c3ccc(O)cc3)ccc2n1. The number of thiol groups is 1. The van der Waals surface area contributed by atoms with Crippen molar-refractivity contribution in [1.82, 2.24) is 34.7 Å². The largest absolute Gasteiger partial charge is 0.508 e. The number of likely N-dealkylation sites (N-methyl/N-ethyl adjacent to an activating group) is 1. The number of imide groups is 1. The Kier molecular flexibility index (Phi) is 28.8. The van der Waals surface area contributed by atoms with E-state index >= 15 is 0 Å². The summed E-state index contributed by atoms with van der Waals surface area (Å²) in [7, 11) is 1.49. The fourth-order valence-corrected chi connectivity index (χ4v) is 10.9.